The Morgan fingerprint density at radius 1 is 1.07 bits per heavy atom. The Hall–Kier alpha value is -3.52. The minimum atomic E-state index is -1.12. The van der Waals surface area contributed by atoms with Crippen LogP contribution in [-0.2, 0) is 9.59 Å². The van der Waals surface area contributed by atoms with E-state index in [4.69, 9.17) is 26.2 Å². The highest BCUT2D eigenvalue weighted by Gasteiger charge is 2.40. The minimum absolute atomic E-state index is 0.0205. The van der Waals surface area contributed by atoms with Crippen LogP contribution in [0.1, 0.15) is 10.4 Å². The number of hydrogen-bond acceptors (Lipinski definition) is 6. The van der Waals surface area contributed by atoms with Crippen LogP contribution in [0.2, 0.25) is 0 Å². The predicted octanol–water partition coefficient (Wildman–Crippen LogP) is 2.84. The van der Waals surface area contributed by atoms with Crippen molar-refractivity contribution < 1.29 is 29.0 Å². The zero-order valence-electron chi connectivity index (χ0n) is 14.9. The van der Waals surface area contributed by atoms with E-state index in [1.54, 1.807) is 12.1 Å². The van der Waals surface area contributed by atoms with Crippen LogP contribution in [0.4, 0.5) is 11.4 Å². The molecular weight excluding hydrogens is 388 g/mol. The first-order valence-electron chi connectivity index (χ1n) is 7.98. The van der Waals surface area contributed by atoms with E-state index in [2.05, 4.69) is 5.32 Å². The lowest BCUT2D eigenvalue weighted by atomic mass is 10.2. The fourth-order valence-electron chi connectivity index (χ4n) is 2.67. The maximum atomic E-state index is 12.9. The van der Waals surface area contributed by atoms with Crippen molar-refractivity contribution in [3.8, 4) is 11.5 Å². The van der Waals surface area contributed by atoms with Crippen LogP contribution >= 0.6 is 11.6 Å². The molecule has 3 rings (SSSR count). The molecule has 0 bridgehead atoms. The van der Waals surface area contributed by atoms with Crippen molar-refractivity contribution in [1.29, 1.82) is 0 Å². The number of rotatable bonds is 6. The molecule has 0 unspecified atom stereocenters. The van der Waals surface area contributed by atoms with Crippen LogP contribution in [0, 0.1) is 0 Å². The molecule has 2 amide bonds. The van der Waals surface area contributed by atoms with Crippen molar-refractivity contribution in [2.24, 2.45) is 0 Å². The lowest BCUT2D eigenvalue weighted by Crippen LogP contribution is -2.32. The largest absolute Gasteiger partial charge is 0.497 e. The Morgan fingerprint density at radius 2 is 1.82 bits per heavy atom. The third-order valence-electron chi connectivity index (χ3n) is 4.03. The quantitative estimate of drug-likeness (QED) is 0.715. The number of carboxylic acids is 1. The second kappa shape index (κ2) is 7.61. The van der Waals surface area contributed by atoms with Gasteiger partial charge in [-0.1, -0.05) is 17.7 Å². The van der Waals surface area contributed by atoms with E-state index in [0.29, 0.717) is 11.4 Å². The summed E-state index contributed by atoms with van der Waals surface area (Å²) in [6.07, 6.45) is 0. The molecule has 0 fully saturated rings. The number of imide groups is 1. The van der Waals surface area contributed by atoms with Crippen molar-refractivity contribution in [2.75, 3.05) is 24.4 Å². The van der Waals surface area contributed by atoms with E-state index in [-0.39, 0.29) is 27.7 Å². The van der Waals surface area contributed by atoms with Crippen LogP contribution in [0.3, 0.4) is 0 Å². The molecule has 1 aliphatic rings. The number of carbonyl (C=O) groups is 3. The first-order valence-corrected chi connectivity index (χ1v) is 8.36. The van der Waals surface area contributed by atoms with Gasteiger partial charge in [0.2, 0.25) is 0 Å². The van der Waals surface area contributed by atoms with Crippen molar-refractivity contribution in [1.82, 2.24) is 0 Å². The number of benzene rings is 2. The fourth-order valence-corrected chi connectivity index (χ4v) is 2.89. The van der Waals surface area contributed by atoms with E-state index in [9.17, 15) is 14.4 Å². The highest BCUT2D eigenvalue weighted by Crippen LogP contribution is 2.37. The van der Waals surface area contributed by atoms with Crippen LogP contribution < -0.4 is 19.7 Å². The van der Waals surface area contributed by atoms with Gasteiger partial charge in [-0.3, -0.25) is 9.59 Å². The van der Waals surface area contributed by atoms with Gasteiger partial charge in [-0.15, -0.1) is 0 Å². The molecule has 1 aliphatic heterocycles. The van der Waals surface area contributed by atoms with Gasteiger partial charge in [-0.2, -0.15) is 0 Å². The Morgan fingerprint density at radius 3 is 2.46 bits per heavy atom. The number of amides is 2. The van der Waals surface area contributed by atoms with Gasteiger partial charge in [-0.05, 0) is 30.3 Å². The minimum Gasteiger partial charge on any atom is -0.497 e. The van der Waals surface area contributed by atoms with Gasteiger partial charge in [0.15, 0.2) is 0 Å². The predicted molar refractivity (Wildman–Crippen MR) is 102 cm³/mol. The molecule has 144 valence electrons. The molecule has 0 aliphatic carbocycles. The van der Waals surface area contributed by atoms with Gasteiger partial charge in [0.25, 0.3) is 11.8 Å². The topological polar surface area (TPSA) is 105 Å². The molecule has 0 spiro atoms. The number of methoxy groups -OCH3 is 2. The highest BCUT2D eigenvalue weighted by molar-refractivity contribution is 6.53. The van der Waals surface area contributed by atoms with E-state index < -0.39 is 17.8 Å². The number of ether oxygens (including phenoxy) is 2. The summed E-state index contributed by atoms with van der Waals surface area (Å²) in [5.74, 6) is -1.81. The van der Waals surface area contributed by atoms with Crippen molar-refractivity contribution >= 4 is 40.8 Å². The molecule has 8 nitrogen and oxygen atoms in total. The number of carboxylic acid groups (broad SMARTS) is 1. The van der Waals surface area contributed by atoms with Crippen molar-refractivity contribution in [3.63, 3.8) is 0 Å². The monoisotopic (exact) mass is 402 g/mol. The van der Waals surface area contributed by atoms with E-state index in [0.717, 1.165) is 4.90 Å². The van der Waals surface area contributed by atoms with Gasteiger partial charge >= 0.3 is 5.97 Å². The molecule has 2 aromatic carbocycles. The first kappa shape index (κ1) is 19.2. The third kappa shape index (κ3) is 3.37. The molecule has 0 aromatic heterocycles. The van der Waals surface area contributed by atoms with Gasteiger partial charge in [0.05, 0.1) is 25.5 Å². The number of halogens is 1. The SMILES string of the molecule is COc1ccc(N2C(=O)C(Cl)=C(Nc3cccc(C(=O)O)c3)C2=O)c(OC)c1. The summed E-state index contributed by atoms with van der Waals surface area (Å²) in [6, 6.07) is 10.4. The number of nitrogens with zero attached hydrogens (tertiary/aromatic N) is 1. The van der Waals surface area contributed by atoms with Crippen LogP contribution in [0.25, 0.3) is 0 Å². The summed E-state index contributed by atoms with van der Waals surface area (Å²) in [5.41, 5.74) is 0.365. The second-order valence-electron chi connectivity index (χ2n) is 5.68. The number of hydrogen-bond donors (Lipinski definition) is 2. The molecule has 28 heavy (non-hydrogen) atoms. The summed E-state index contributed by atoms with van der Waals surface area (Å²) in [7, 11) is 2.88. The Labute approximate surface area is 164 Å². The molecule has 0 atom stereocenters. The summed E-state index contributed by atoms with van der Waals surface area (Å²) in [5, 5.41) is 11.5. The van der Waals surface area contributed by atoms with Crippen LogP contribution in [-0.4, -0.2) is 37.1 Å². The maximum absolute atomic E-state index is 12.9. The summed E-state index contributed by atoms with van der Waals surface area (Å²) in [4.78, 5) is 37.5. The highest BCUT2D eigenvalue weighted by atomic mass is 35.5. The van der Waals surface area contributed by atoms with Gasteiger partial charge in [0, 0.05) is 11.8 Å². The maximum Gasteiger partial charge on any atom is 0.335 e. The zero-order chi connectivity index (χ0) is 20.4. The number of aromatic carboxylic acids is 1. The lowest BCUT2D eigenvalue weighted by molar-refractivity contribution is -0.120. The van der Waals surface area contributed by atoms with Crippen LogP contribution in [0.5, 0.6) is 11.5 Å². The molecule has 9 heteroatoms. The fraction of sp³-hybridized carbons (Fsp3) is 0.105. The Bertz CT molecular complexity index is 1020. The summed E-state index contributed by atoms with van der Waals surface area (Å²) < 4.78 is 10.4. The van der Waals surface area contributed by atoms with Gasteiger partial charge in [-0.25, -0.2) is 9.69 Å². The van der Waals surface area contributed by atoms with Crippen LogP contribution in [0.15, 0.2) is 53.2 Å². The van der Waals surface area contributed by atoms with Crippen molar-refractivity contribution in [3.05, 3.63) is 58.8 Å². The first-order chi connectivity index (χ1) is 13.4. The lowest BCUT2D eigenvalue weighted by Gasteiger charge is -2.18. The molecule has 0 saturated carbocycles. The normalized spacial score (nSPS) is 13.8. The number of nitrogens with one attached hydrogen (secondary N) is 1. The van der Waals surface area contributed by atoms with E-state index in [1.807, 2.05) is 0 Å². The average molecular weight is 403 g/mol. The van der Waals surface area contributed by atoms with Crippen molar-refractivity contribution in [2.45, 2.75) is 0 Å². The standard InChI is InChI=1S/C19H15ClN2O6/c1-27-12-6-7-13(14(9-12)28-2)22-17(23)15(20)16(18(22)24)21-11-5-3-4-10(8-11)19(25)26/h3-9,21H,1-2H3,(H,25,26). The molecule has 0 saturated heterocycles. The van der Waals surface area contributed by atoms with E-state index >= 15 is 0 Å². The molecule has 1 heterocycles. The Balaban J connectivity index is 1.95. The third-order valence-corrected chi connectivity index (χ3v) is 4.38. The van der Waals surface area contributed by atoms with Gasteiger partial charge in [0.1, 0.15) is 22.2 Å². The molecular formula is C19H15ClN2O6. The summed E-state index contributed by atoms with van der Waals surface area (Å²) in [6.45, 7) is 0. The molecule has 2 N–H and O–H groups in total. The smallest absolute Gasteiger partial charge is 0.335 e. The molecule has 2 aromatic rings. The zero-order valence-corrected chi connectivity index (χ0v) is 15.6. The molecule has 0 radical (unpaired) electrons. The summed E-state index contributed by atoms with van der Waals surface area (Å²) >= 11 is 6.10. The number of anilines is 2. The van der Waals surface area contributed by atoms with Gasteiger partial charge < -0.3 is 19.9 Å². The average Bonchev–Trinajstić information content (AvgIpc) is 2.91. The van der Waals surface area contributed by atoms with E-state index in [1.165, 1.54) is 44.6 Å². The number of carbonyl (C=O) groups excluding carboxylic acids is 2. The second-order valence-corrected chi connectivity index (χ2v) is 6.06. The Kier molecular flexibility index (Phi) is 5.23.